The van der Waals surface area contributed by atoms with Crippen LogP contribution in [0.2, 0.25) is 0 Å². The summed E-state index contributed by atoms with van der Waals surface area (Å²) in [6, 6.07) is 0. The van der Waals surface area contributed by atoms with Gasteiger partial charge in [0.1, 0.15) is 30.5 Å². The van der Waals surface area contributed by atoms with Gasteiger partial charge in [-0.2, -0.15) is 0 Å². The number of aliphatic hydroxyl groups is 5. The Balaban J connectivity index is 1.99. The van der Waals surface area contributed by atoms with E-state index in [1.807, 2.05) is 0 Å². The van der Waals surface area contributed by atoms with Gasteiger partial charge in [0.25, 0.3) is 0 Å². The van der Waals surface area contributed by atoms with Gasteiger partial charge >= 0.3 is 0 Å². The minimum absolute atomic E-state index is 0.106. The van der Waals surface area contributed by atoms with E-state index in [1.165, 1.54) is 51.4 Å². The lowest BCUT2D eigenvalue weighted by atomic mass is 9.99. The average Bonchev–Trinajstić information content (AvgIpc) is 2.72. The van der Waals surface area contributed by atoms with Crippen molar-refractivity contribution in [3.63, 3.8) is 0 Å². The predicted octanol–water partition coefficient (Wildman–Crippen LogP) is 1.10. The zero-order valence-corrected chi connectivity index (χ0v) is 17.8. The van der Waals surface area contributed by atoms with E-state index in [0.717, 1.165) is 12.8 Å². The molecule has 0 saturated carbocycles. The van der Waals surface area contributed by atoms with Crippen molar-refractivity contribution in [3.8, 4) is 0 Å². The Morgan fingerprint density at radius 2 is 1.38 bits per heavy atom. The van der Waals surface area contributed by atoms with Crippen LogP contribution in [0.1, 0.15) is 71.1 Å². The number of hydrogen-bond acceptors (Lipinski definition) is 8. The molecule has 174 valence electrons. The second-order valence-electron chi connectivity index (χ2n) is 7.94. The summed E-state index contributed by atoms with van der Waals surface area (Å²) < 4.78 is 15.9. The van der Waals surface area contributed by atoms with Crippen LogP contribution in [-0.4, -0.2) is 88.8 Å². The van der Waals surface area contributed by atoms with Crippen molar-refractivity contribution in [1.29, 1.82) is 0 Å². The molecule has 1 aliphatic heterocycles. The highest BCUT2D eigenvalue weighted by molar-refractivity contribution is 4.88. The van der Waals surface area contributed by atoms with Crippen molar-refractivity contribution < 1.29 is 39.7 Å². The van der Waals surface area contributed by atoms with Crippen LogP contribution < -0.4 is 0 Å². The molecule has 1 rings (SSSR count). The van der Waals surface area contributed by atoms with Crippen LogP contribution >= 0.6 is 0 Å². The van der Waals surface area contributed by atoms with Gasteiger partial charge in [-0.25, -0.2) is 0 Å². The van der Waals surface area contributed by atoms with E-state index in [4.69, 9.17) is 19.3 Å². The Hall–Kier alpha value is -0.320. The topological polar surface area (TPSA) is 129 Å². The number of rotatable bonds is 17. The molecule has 0 radical (unpaired) electrons. The molecule has 8 nitrogen and oxygen atoms in total. The van der Waals surface area contributed by atoms with E-state index in [-0.39, 0.29) is 13.2 Å². The van der Waals surface area contributed by atoms with Gasteiger partial charge in [0, 0.05) is 6.61 Å². The predicted molar refractivity (Wildman–Crippen MR) is 108 cm³/mol. The van der Waals surface area contributed by atoms with Gasteiger partial charge in [-0.15, -0.1) is 0 Å². The first-order valence-corrected chi connectivity index (χ1v) is 11.2. The van der Waals surface area contributed by atoms with Crippen molar-refractivity contribution in [2.75, 3.05) is 26.4 Å². The highest BCUT2D eigenvalue weighted by atomic mass is 16.7. The molecule has 1 heterocycles. The van der Waals surface area contributed by atoms with Crippen LogP contribution in [0, 0.1) is 0 Å². The molecule has 2 unspecified atom stereocenters. The molecule has 6 atom stereocenters. The number of ether oxygens (including phenoxy) is 3. The van der Waals surface area contributed by atoms with E-state index < -0.39 is 43.4 Å². The standard InChI is InChI=1S/C21H42O8/c1-2-3-4-5-6-7-8-9-10-11-12-27-14-16(23)15-28-21-20(26)19(25)18(24)17(13-22)29-21/h16-26H,2-15H2,1H3/t16?,17-,18-,19+,20-,21?/m1/s1. The van der Waals surface area contributed by atoms with E-state index in [2.05, 4.69) is 6.92 Å². The molecular weight excluding hydrogens is 380 g/mol. The normalized spacial score (nSPS) is 28.6. The summed E-state index contributed by atoms with van der Waals surface area (Å²) in [4.78, 5) is 0. The van der Waals surface area contributed by atoms with Crippen LogP contribution in [0.25, 0.3) is 0 Å². The minimum atomic E-state index is -1.49. The highest BCUT2D eigenvalue weighted by Gasteiger charge is 2.44. The monoisotopic (exact) mass is 422 g/mol. The molecule has 1 aliphatic rings. The van der Waals surface area contributed by atoms with Gasteiger partial charge in [0.05, 0.1) is 19.8 Å². The quantitative estimate of drug-likeness (QED) is 0.220. The smallest absolute Gasteiger partial charge is 0.186 e. The third-order valence-electron chi connectivity index (χ3n) is 5.25. The zero-order chi connectivity index (χ0) is 21.5. The molecule has 0 amide bonds. The van der Waals surface area contributed by atoms with Gasteiger partial charge in [-0.05, 0) is 6.42 Å². The molecule has 0 aromatic rings. The molecule has 1 fully saturated rings. The van der Waals surface area contributed by atoms with Gasteiger partial charge in [-0.1, -0.05) is 64.7 Å². The first-order valence-electron chi connectivity index (χ1n) is 11.2. The van der Waals surface area contributed by atoms with Crippen LogP contribution in [0.15, 0.2) is 0 Å². The average molecular weight is 423 g/mol. The lowest BCUT2D eigenvalue weighted by molar-refractivity contribution is -0.305. The van der Waals surface area contributed by atoms with E-state index in [1.54, 1.807) is 0 Å². The van der Waals surface area contributed by atoms with Gasteiger partial charge in [0.2, 0.25) is 0 Å². The maximum absolute atomic E-state index is 9.92. The third kappa shape index (κ3) is 11.0. The Kier molecular flexibility index (Phi) is 15.1. The fourth-order valence-corrected chi connectivity index (χ4v) is 3.37. The molecule has 0 spiro atoms. The van der Waals surface area contributed by atoms with Gasteiger partial charge < -0.3 is 39.7 Å². The Morgan fingerprint density at radius 3 is 1.97 bits per heavy atom. The van der Waals surface area contributed by atoms with E-state index in [9.17, 15) is 20.4 Å². The molecule has 0 aromatic heterocycles. The molecular formula is C21H42O8. The van der Waals surface area contributed by atoms with Crippen molar-refractivity contribution >= 4 is 0 Å². The van der Waals surface area contributed by atoms with Crippen LogP contribution in [-0.2, 0) is 14.2 Å². The second kappa shape index (κ2) is 16.4. The third-order valence-corrected chi connectivity index (χ3v) is 5.25. The molecule has 0 aliphatic carbocycles. The summed E-state index contributed by atoms with van der Waals surface area (Å²) >= 11 is 0. The van der Waals surface area contributed by atoms with Crippen molar-refractivity contribution in [2.45, 2.75) is 108 Å². The molecule has 0 aromatic carbocycles. The SMILES string of the molecule is CCCCCCCCCCCCOCC(O)COC1O[C@H](CO)[C@@H](O)[C@H](O)[C@H]1O. The first-order chi connectivity index (χ1) is 14.0. The summed E-state index contributed by atoms with van der Waals surface area (Å²) in [7, 11) is 0. The molecule has 29 heavy (non-hydrogen) atoms. The van der Waals surface area contributed by atoms with Gasteiger partial charge in [0.15, 0.2) is 6.29 Å². The van der Waals surface area contributed by atoms with E-state index in [0.29, 0.717) is 6.61 Å². The maximum atomic E-state index is 9.92. The highest BCUT2D eigenvalue weighted by Crippen LogP contribution is 2.22. The summed E-state index contributed by atoms with van der Waals surface area (Å²) in [5, 5.41) is 48.3. The second-order valence-corrected chi connectivity index (χ2v) is 7.94. The Bertz CT molecular complexity index is 382. The number of hydrogen-bond donors (Lipinski definition) is 5. The molecule has 0 bridgehead atoms. The van der Waals surface area contributed by atoms with Crippen molar-refractivity contribution in [3.05, 3.63) is 0 Å². The van der Waals surface area contributed by atoms with Gasteiger partial charge in [-0.3, -0.25) is 0 Å². The largest absolute Gasteiger partial charge is 0.394 e. The van der Waals surface area contributed by atoms with E-state index >= 15 is 0 Å². The molecule has 5 N–H and O–H groups in total. The van der Waals surface area contributed by atoms with Crippen LogP contribution in [0.3, 0.4) is 0 Å². The summed E-state index contributed by atoms with van der Waals surface area (Å²) in [5.74, 6) is 0. The van der Waals surface area contributed by atoms with Crippen molar-refractivity contribution in [2.24, 2.45) is 0 Å². The molecule has 8 heteroatoms. The summed E-state index contributed by atoms with van der Waals surface area (Å²) in [6.07, 6.45) is 4.97. The minimum Gasteiger partial charge on any atom is -0.394 e. The fourth-order valence-electron chi connectivity index (χ4n) is 3.37. The Morgan fingerprint density at radius 1 is 0.793 bits per heavy atom. The first kappa shape index (κ1) is 26.7. The van der Waals surface area contributed by atoms with Crippen LogP contribution in [0.4, 0.5) is 0 Å². The summed E-state index contributed by atoms with van der Waals surface area (Å²) in [5.41, 5.74) is 0. The number of unbranched alkanes of at least 4 members (excludes halogenated alkanes) is 9. The lowest BCUT2D eigenvalue weighted by Gasteiger charge is -2.39. The van der Waals surface area contributed by atoms with Crippen LogP contribution in [0.5, 0.6) is 0 Å². The molecule has 1 saturated heterocycles. The Labute approximate surface area is 174 Å². The summed E-state index contributed by atoms with van der Waals surface area (Å²) in [6.45, 7) is 2.24. The van der Waals surface area contributed by atoms with Crippen molar-refractivity contribution in [1.82, 2.24) is 0 Å². The lowest BCUT2D eigenvalue weighted by Crippen LogP contribution is -2.59. The number of aliphatic hydroxyl groups excluding tert-OH is 5. The maximum Gasteiger partial charge on any atom is 0.186 e. The fraction of sp³-hybridized carbons (Fsp3) is 1.00. The zero-order valence-electron chi connectivity index (χ0n) is 17.8.